The average molecular weight is 312 g/mol. The first-order valence-electron chi connectivity index (χ1n) is 8.09. The molecule has 3 rings (SSSR count). The summed E-state index contributed by atoms with van der Waals surface area (Å²) < 4.78 is 11.0. The number of hydrogen-bond donors (Lipinski definition) is 1. The molecule has 1 atom stereocenters. The summed E-state index contributed by atoms with van der Waals surface area (Å²) >= 11 is 0. The van der Waals surface area contributed by atoms with Gasteiger partial charge in [-0.1, -0.05) is 6.92 Å². The molecule has 1 N–H and O–H groups in total. The van der Waals surface area contributed by atoms with E-state index in [9.17, 15) is 0 Å². The van der Waals surface area contributed by atoms with Crippen LogP contribution in [-0.4, -0.2) is 18.1 Å². The number of nitrogens with zero attached hydrogens (tertiary/aromatic N) is 1. The molecule has 0 amide bonds. The third-order valence-corrected chi connectivity index (χ3v) is 4.78. The van der Waals surface area contributed by atoms with Crippen molar-refractivity contribution in [1.82, 2.24) is 10.3 Å². The molecule has 23 heavy (non-hydrogen) atoms. The zero-order valence-electron chi connectivity index (χ0n) is 14.0. The fraction of sp³-hybridized carbons (Fsp3) is 0.421. The number of rotatable bonds is 7. The standard InChI is InChI=1S/C19H24N2O2/c1-14(19(2)9-10-19)21-13-15-8-11-20-18(12-15)23-17-6-4-16(22-3)5-7-17/h4-8,11-12,14,21H,9-10,13H2,1-3H3. The van der Waals surface area contributed by atoms with Gasteiger partial charge in [-0.25, -0.2) is 4.98 Å². The van der Waals surface area contributed by atoms with Crippen molar-refractivity contribution in [2.45, 2.75) is 39.3 Å². The predicted octanol–water partition coefficient (Wildman–Crippen LogP) is 4.16. The maximum absolute atomic E-state index is 5.81. The Morgan fingerprint density at radius 2 is 1.87 bits per heavy atom. The average Bonchev–Trinajstić information content (AvgIpc) is 3.33. The summed E-state index contributed by atoms with van der Waals surface area (Å²) in [7, 11) is 1.65. The van der Waals surface area contributed by atoms with Crippen LogP contribution in [0, 0.1) is 5.41 Å². The van der Waals surface area contributed by atoms with Gasteiger partial charge in [0.1, 0.15) is 11.5 Å². The summed E-state index contributed by atoms with van der Waals surface area (Å²) in [6.07, 6.45) is 4.44. The van der Waals surface area contributed by atoms with Crippen molar-refractivity contribution in [2.24, 2.45) is 5.41 Å². The first-order valence-corrected chi connectivity index (χ1v) is 8.09. The third kappa shape index (κ3) is 4.02. The summed E-state index contributed by atoms with van der Waals surface area (Å²) in [6, 6.07) is 12.0. The van der Waals surface area contributed by atoms with Crippen LogP contribution in [0.25, 0.3) is 0 Å². The SMILES string of the molecule is COc1ccc(Oc2cc(CNC(C)C3(C)CC3)ccn2)cc1. The first-order chi connectivity index (χ1) is 11.1. The van der Waals surface area contributed by atoms with E-state index in [2.05, 4.69) is 24.1 Å². The lowest BCUT2D eigenvalue weighted by Crippen LogP contribution is -2.32. The van der Waals surface area contributed by atoms with Gasteiger partial charge in [0, 0.05) is 24.8 Å². The summed E-state index contributed by atoms with van der Waals surface area (Å²) in [6.45, 7) is 5.44. The molecule has 2 aromatic rings. The zero-order valence-corrected chi connectivity index (χ0v) is 14.0. The molecule has 0 spiro atoms. The van der Waals surface area contributed by atoms with Gasteiger partial charge in [-0.15, -0.1) is 0 Å². The molecule has 0 saturated heterocycles. The van der Waals surface area contributed by atoms with E-state index >= 15 is 0 Å². The second-order valence-corrected chi connectivity index (χ2v) is 6.54. The highest BCUT2D eigenvalue weighted by Crippen LogP contribution is 2.47. The van der Waals surface area contributed by atoms with E-state index < -0.39 is 0 Å². The van der Waals surface area contributed by atoms with Crippen molar-refractivity contribution in [3.05, 3.63) is 48.2 Å². The van der Waals surface area contributed by atoms with E-state index in [1.807, 2.05) is 36.4 Å². The number of aromatic nitrogens is 1. The molecule has 1 aromatic carbocycles. The van der Waals surface area contributed by atoms with Crippen molar-refractivity contribution in [3.8, 4) is 17.4 Å². The molecule has 1 heterocycles. The number of nitrogens with one attached hydrogen (secondary N) is 1. The van der Waals surface area contributed by atoms with Crippen molar-refractivity contribution in [2.75, 3.05) is 7.11 Å². The van der Waals surface area contributed by atoms with Crippen molar-refractivity contribution in [3.63, 3.8) is 0 Å². The molecule has 1 saturated carbocycles. The second kappa shape index (κ2) is 6.59. The number of ether oxygens (including phenoxy) is 2. The van der Waals surface area contributed by atoms with E-state index in [1.54, 1.807) is 13.3 Å². The molecule has 1 aliphatic rings. The van der Waals surface area contributed by atoms with Crippen LogP contribution in [0.4, 0.5) is 0 Å². The van der Waals surface area contributed by atoms with Gasteiger partial charge in [0.15, 0.2) is 0 Å². The molecular formula is C19H24N2O2. The highest BCUT2D eigenvalue weighted by atomic mass is 16.5. The summed E-state index contributed by atoms with van der Waals surface area (Å²) in [5.41, 5.74) is 1.66. The Balaban J connectivity index is 1.60. The van der Waals surface area contributed by atoms with Crippen LogP contribution >= 0.6 is 0 Å². The lowest BCUT2D eigenvalue weighted by molar-refractivity contribution is 0.379. The van der Waals surface area contributed by atoms with Crippen LogP contribution < -0.4 is 14.8 Å². The zero-order chi connectivity index (χ0) is 16.3. The molecule has 4 heteroatoms. The molecule has 1 fully saturated rings. The second-order valence-electron chi connectivity index (χ2n) is 6.54. The number of benzene rings is 1. The highest BCUT2D eigenvalue weighted by Gasteiger charge is 2.42. The monoisotopic (exact) mass is 312 g/mol. The van der Waals surface area contributed by atoms with Gasteiger partial charge in [0.05, 0.1) is 7.11 Å². The fourth-order valence-electron chi connectivity index (χ4n) is 2.53. The van der Waals surface area contributed by atoms with E-state index in [0.717, 1.165) is 18.0 Å². The Labute approximate surface area is 137 Å². The Bertz CT molecular complexity index is 651. The van der Waals surface area contributed by atoms with Crippen LogP contribution in [0.1, 0.15) is 32.3 Å². The topological polar surface area (TPSA) is 43.4 Å². The van der Waals surface area contributed by atoms with E-state index in [0.29, 0.717) is 17.3 Å². The quantitative estimate of drug-likeness (QED) is 0.833. The van der Waals surface area contributed by atoms with E-state index in [-0.39, 0.29) is 0 Å². The number of methoxy groups -OCH3 is 1. The van der Waals surface area contributed by atoms with Crippen molar-refractivity contribution < 1.29 is 9.47 Å². The third-order valence-electron chi connectivity index (χ3n) is 4.78. The Morgan fingerprint density at radius 1 is 1.17 bits per heavy atom. The van der Waals surface area contributed by atoms with Gasteiger partial charge >= 0.3 is 0 Å². The maximum Gasteiger partial charge on any atom is 0.219 e. The Morgan fingerprint density at radius 3 is 2.52 bits per heavy atom. The maximum atomic E-state index is 5.81. The Kier molecular flexibility index (Phi) is 4.53. The molecule has 1 aromatic heterocycles. The van der Waals surface area contributed by atoms with Gasteiger partial charge in [-0.05, 0) is 61.1 Å². The summed E-state index contributed by atoms with van der Waals surface area (Å²) in [5, 5.41) is 3.61. The predicted molar refractivity (Wildman–Crippen MR) is 90.9 cm³/mol. The molecule has 122 valence electrons. The van der Waals surface area contributed by atoms with Gasteiger partial charge in [-0.3, -0.25) is 0 Å². The van der Waals surface area contributed by atoms with E-state index in [4.69, 9.17) is 9.47 Å². The van der Waals surface area contributed by atoms with Crippen molar-refractivity contribution in [1.29, 1.82) is 0 Å². The van der Waals surface area contributed by atoms with Gasteiger partial charge in [-0.2, -0.15) is 0 Å². The van der Waals surface area contributed by atoms with Gasteiger partial charge < -0.3 is 14.8 Å². The molecule has 1 unspecified atom stereocenters. The molecule has 4 nitrogen and oxygen atoms in total. The summed E-state index contributed by atoms with van der Waals surface area (Å²) in [5.74, 6) is 2.17. The molecule has 0 bridgehead atoms. The largest absolute Gasteiger partial charge is 0.497 e. The van der Waals surface area contributed by atoms with Crippen LogP contribution in [0.3, 0.4) is 0 Å². The van der Waals surface area contributed by atoms with E-state index in [1.165, 1.54) is 18.4 Å². The number of pyridine rings is 1. The minimum atomic E-state index is 0.482. The van der Waals surface area contributed by atoms with Gasteiger partial charge in [0.2, 0.25) is 5.88 Å². The van der Waals surface area contributed by atoms with Crippen LogP contribution in [0.2, 0.25) is 0 Å². The van der Waals surface area contributed by atoms with Crippen LogP contribution in [0.15, 0.2) is 42.6 Å². The lowest BCUT2D eigenvalue weighted by atomic mass is 10.0. The molecule has 0 aliphatic heterocycles. The molecule has 0 radical (unpaired) electrons. The van der Waals surface area contributed by atoms with Gasteiger partial charge in [0.25, 0.3) is 0 Å². The Hall–Kier alpha value is -2.07. The molecule has 1 aliphatic carbocycles. The first kappa shape index (κ1) is 15.8. The summed E-state index contributed by atoms with van der Waals surface area (Å²) in [4.78, 5) is 4.28. The highest BCUT2D eigenvalue weighted by molar-refractivity contribution is 5.34. The van der Waals surface area contributed by atoms with Crippen LogP contribution in [0.5, 0.6) is 17.4 Å². The normalized spacial score (nSPS) is 16.7. The van der Waals surface area contributed by atoms with Crippen LogP contribution in [-0.2, 0) is 6.54 Å². The minimum Gasteiger partial charge on any atom is -0.497 e. The minimum absolute atomic E-state index is 0.482. The fourth-order valence-corrected chi connectivity index (χ4v) is 2.53. The number of hydrogen-bond acceptors (Lipinski definition) is 4. The lowest BCUT2D eigenvalue weighted by Gasteiger charge is -2.20. The molecular weight excluding hydrogens is 288 g/mol. The smallest absolute Gasteiger partial charge is 0.219 e. The van der Waals surface area contributed by atoms with Crippen molar-refractivity contribution >= 4 is 0 Å².